The Morgan fingerprint density at radius 3 is 2.70 bits per heavy atom. The molecule has 1 saturated heterocycles. The summed E-state index contributed by atoms with van der Waals surface area (Å²) in [5.41, 5.74) is 8.33. The Bertz CT molecular complexity index is 482. The van der Waals surface area contributed by atoms with Gasteiger partial charge in [-0.25, -0.2) is 0 Å². The van der Waals surface area contributed by atoms with E-state index in [1.54, 1.807) is 0 Å². The zero-order valence-corrected chi connectivity index (χ0v) is 12.1. The fourth-order valence-corrected chi connectivity index (χ4v) is 3.70. The monoisotopic (exact) mass is 273 g/mol. The third-order valence-corrected chi connectivity index (χ3v) is 4.74. The van der Waals surface area contributed by atoms with Gasteiger partial charge in [-0.3, -0.25) is 9.69 Å². The average Bonchev–Trinajstić information content (AvgIpc) is 2.94. The summed E-state index contributed by atoms with van der Waals surface area (Å²) in [6.07, 6.45) is 4.05. The Morgan fingerprint density at radius 2 is 2.05 bits per heavy atom. The molecule has 1 aliphatic carbocycles. The van der Waals surface area contributed by atoms with Gasteiger partial charge in [-0.15, -0.1) is 0 Å². The number of hydrogen-bond acceptors (Lipinski definition) is 3. The third kappa shape index (κ3) is 2.66. The maximum atomic E-state index is 12.2. The van der Waals surface area contributed by atoms with E-state index in [2.05, 4.69) is 10.2 Å². The van der Waals surface area contributed by atoms with E-state index in [0.717, 1.165) is 36.2 Å². The first-order valence-corrected chi connectivity index (χ1v) is 7.51. The second kappa shape index (κ2) is 5.44. The Kier molecular flexibility index (Phi) is 3.66. The van der Waals surface area contributed by atoms with E-state index in [4.69, 9.17) is 5.73 Å². The minimum atomic E-state index is 0.0472. The zero-order chi connectivity index (χ0) is 14.1. The molecule has 0 radical (unpaired) electrons. The van der Waals surface area contributed by atoms with Crippen LogP contribution in [0.4, 0.5) is 11.4 Å². The molecule has 0 bridgehead atoms. The van der Waals surface area contributed by atoms with Gasteiger partial charge in [0, 0.05) is 13.1 Å². The molecule has 2 unspecified atom stereocenters. The van der Waals surface area contributed by atoms with Crippen molar-refractivity contribution < 1.29 is 4.79 Å². The summed E-state index contributed by atoms with van der Waals surface area (Å²) in [5.74, 6) is 1.70. The quantitative estimate of drug-likeness (QED) is 0.830. The first-order chi connectivity index (χ1) is 9.63. The van der Waals surface area contributed by atoms with Crippen LogP contribution >= 0.6 is 0 Å². The summed E-state index contributed by atoms with van der Waals surface area (Å²) < 4.78 is 0. The predicted octanol–water partition coefficient (Wildman–Crippen LogP) is 2.25. The van der Waals surface area contributed by atoms with Crippen molar-refractivity contribution in [1.29, 1.82) is 0 Å². The van der Waals surface area contributed by atoms with Crippen LogP contribution in [0.25, 0.3) is 0 Å². The van der Waals surface area contributed by atoms with Crippen molar-refractivity contribution >= 4 is 17.3 Å². The van der Waals surface area contributed by atoms with Crippen molar-refractivity contribution in [1.82, 2.24) is 4.90 Å². The normalized spacial score (nSPS) is 25.6. The summed E-state index contributed by atoms with van der Waals surface area (Å²) in [5, 5.41) is 2.97. The lowest BCUT2D eigenvalue weighted by Crippen LogP contribution is -2.32. The van der Waals surface area contributed by atoms with Gasteiger partial charge in [0.05, 0.1) is 17.9 Å². The highest BCUT2D eigenvalue weighted by atomic mass is 16.2. The van der Waals surface area contributed by atoms with Crippen LogP contribution in [0.15, 0.2) is 18.2 Å². The second-order valence-electron chi connectivity index (χ2n) is 6.23. The molecule has 20 heavy (non-hydrogen) atoms. The van der Waals surface area contributed by atoms with Crippen LogP contribution < -0.4 is 11.1 Å². The first kappa shape index (κ1) is 13.4. The van der Waals surface area contributed by atoms with E-state index in [1.165, 1.54) is 19.3 Å². The van der Waals surface area contributed by atoms with Crippen LogP contribution in [0.2, 0.25) is 0 Å². The fourth-order valence-electron chi connectivity index (χ4n) is 3.70. The summed E-state index contributed by atoms with van der Waals surface area (Å²) in [4.78, 5) is 14.5. The Morgan fingerprint density at radius 1 is 1.35 bits per heavy atom. The number of likely N-dealkylation sites (tertiary alicyclic amines) is 1. The van der Waals surface area contributed by atoms with E-state index >= 15 is 0 Å². The first-order valence-electron chi connectivity index (χ1n) is 7.51. The number of nitrogens with one attached hydrogen (secondary N) is 1. The van der Waals surface area contributed by atoms with Gasteiger partial charge in [0.25, 0.3) is 0 Å². The molecule has 4 heteroatoms. The van der Waals surface area contributed by atoms with Crippen molar-refractivity contribution in [2.75, 3.05) is 30.7 Å². The molecule has 1 aromatic carbocycles. The van der Waals surface area contributed by atoms with Gasteiger partial charge in [0.2, 0.25) is 5.91 Å². The van der Waals surface area contributed by atoms with Crippen LogP contribution in [-0.2, 0) is 4.79 Å². The molecular formula is C16H23N3O. The van der Waals surface area contributed by atoms with Crippen molar-refractivity contribution in [2.45, 2.75) is 26.2 Å². The standard InChI is InChI=1S/C16H23N3O/c1-11-4-2-7-14(17)16(11)18-15(20)10-19-8-12-5-3-6-13(12)9-19/h2,4,7,12-13H,3,5-6,8-10,17H2,1H3,(H,18,20). The molecule has 3 rings (SSSR count). The number of hydrogen-bond donors (Lipinski definition) is 2. The Labute approximate surface area is 120 Å². The molecule has 1 aromatic rings. The number of benzene rings is 1. The summed E-state index contributed by atoms with van der Waals surface area (Å²) >= 11 is 0. The van der Waals surface area contributed by atoms with Crippen LogP contribution in [0.1, 0.15) is 24.8 Å². The number of nitrogens with two attached hydrogens (primary N) is 1. The number of para-hydroxylation sites is 1. The van der Waals surface area contributed by atoms with Crippen LogP contribution in [0.5, 0.6) is 0 Å². The molecule has 2 aliphatic rings. The molecule has 2 fully saturated rings. The van der Waals surface area contributed by atoms with Gasteiger partial charge >= 0.3 is 0 Å². The lowest BCUT2D eigenvalue weighted by atomic mass is 10.0. The molecule has 3 N–H and O–H groups in total. The van der Waals surface area contributed by atoms with Gasteiger partial charge in [0.1, 0.15) is 0 Å². The molecule has 108 valence electrons. The maximum absolute atomic E-state index is 12.2. The van der Waals surface area contributed by atoms with Crippen LogP contribution in [-0.4, -0.2) is 30.4 Å². The number of nitrogens with zero attached hydrogens (tertiary/aromatic N) is 1. The molecule has 2 atom stereocenters. The van der Waals surface area contributed by atoms with Gasteiger partial charge in [-0.05, 0) is 43.2 Å². The number of carbonyl (C=O) groups excluding carboxylic acids is 1. The minimum absolute atomic E-state index is 0.0472. The molecular weight excluding hydrogens is 250 g/mol. The van der Waals surface area contributed by atoms with Crippen molar-refractivity contribution in [3.8, 4) is 0 Å². The van der Waals surface area contributed by atoms with Crippen LogP contribution in [0, 0.1) is 18.8 Å². The van der Waals surface area contributed by atoms with E-state index in [9.17, 15) is 4.79 Å². The molecule has 1 aliphatic heterocycles. The topological polar surface area (TPSA) is 58.4 Å². The zero-order valence-electron chi connectivity index (χ0n) is 12.1. The van der Waals surface area contributed by atoms with Crippen molar-refractivity contribution in [3.05, 3.63) is 23.8 Å². The van der Waals surface area contributed by atoms with Gasteiger partial charge in [-0.1, -0.05) is 18.6 Å². The Hall–Kier alpha value is -1.55. The lowest BCUT2D eigenvalue weighted by molar-refractivity contribution is -0.117. The predicted molar refractivity (Wildman–Crippen MR) is 81.5 cm³/mol. The van der Waals surface area contributed by atoms with Gasteiger partial charge in [-0.2, -0.15) is 0 Å². The van der Waals surface area contributed by atoms with Gasteiger partial charge < -0.3 is 11.1 Å². The highest BCUT2D eigenvalue weighted by molar-refractivity contribution is 5.96. The number of carbonyl (C=O) groups is 1. The molecule has 1 heterocycles. The van der Waals surface area contributed by atoms with E-state index < -0.39 is 0 Å². The molecule has 0 aromatic heterocycles. The highest BCUT2D eigenvalue weighted by Gasteiger charge is 2.36. The second-order valence-corrected chi connectivity index (χ2v) is 6.23. The highest BCUT2D eigenvalue weighted by Crippen LogP contribution is 2.37. The number of nitrogen functional groups attached to an aromatic ring is 1. The SMILES string of the molecule is Cc1cccc(N)c1NC(=O)CN1CC2CCCC2C1. The molecule has 1 saturated carbocycles. The third-order valence-electron chi connectivity index (χ3n) is 4.74. The minimum Gasteiger partial charge on any atom is -0.397 e. The summed E-state index contributed by atoms with van der Waals surface area (Å²) in [6.45, 7) is 4.62. The Balaban J connectivity index is 1.58. The molecule has 1 amide bonds. The molecule has 0 spiro atoms. The maximum Gasteiger partial charge on any atom is 0.238 e. The summed E-state index contributed by atoms with van der Waals surface area (Å²) in [7, 11) is 0. The average molecular weight is 273 g/mol. The van der Waals surface area contributed by atoms with E-state index in [1.807, 2.05) is 25.1 Å². The van der Waals surface area contributed by atoms with Crippen molar-refractivity contribution in [3.63, 3.8) is 0 Å². The number of fused-ring (bicyclic) bond motifs is 1. The van der Waals surface area contributed by atoms with Crippen molar-refractivity contribution in [2.24, 2.45) is 11.8 Å². The van der Waals surface area contributed by atoms with E-state index in [-0.39, 0.29) is 5.91 Å². The molecule has 4 nitrogen and oxygen atoms in total. The smallest absolute Gasteiger partial charge is 0.238 e. The van der Waals surface area contributed by atoms with Gasteiger partial charge in [0.15, 0.2) is 0 Å². The number of anilines is 2. The van der Waals surface area contributed by atoms with E-state index in [0.29, 0.717) is 12.2 Å². The lowest BCUT2D eigenvalue weighted by Gasteiger charge is -2.17. The van der Waals surface area contributed by atoms with Crippen LogP contribution in [0.3, 0.4) is 0 Å². The summed E-state index contributed by atoms with van der Waals surface area (Å²) in [6, 6.07) is 5.69. The number of aryl methyl sites for hydroxylation is 1. The largest absolute Gasteiger partial charge is 0.397 e. The number of amides is 1. The fraction of sp³-hybridized carbons (Fsp3) is 0.562. The number of rotatable bonds is 3.